The first-order chi connectivity index (χ1) is 6.93. The minimum atomic E-state index is 0. The lowest BCUT2D eigenvalue weighted by Crippen LogP contribution is -2.07. The molecule has 20 heavy (non-hydrogen) atoms. The summed E-state index contributed by atoms with van der Waals surface area (Å²) in [6.07, 6.45) is 0. The highest BCUT2D eigenvalue weighted by molar-refractivity contribution is 5.86. The van der Waals surface area contributed by atoms with E-state index in [4.69, 9.17) is 22.9 Å². The van der Waals surface area contributed by atoms with Gasteiger partial charge in [0.1, 0.15) is 0 Å². The van der Waals surface area contributed by atoms with Gasteiger partial charge in [0.2, 0.25) is 0 Å². The number of rotatable bonds is 0. The minimum absolute atomic E-state index is 0. The summed E-state index contributed by atoms with van der Waals surface area (Å²) in [4.78, 5) is 0. The van der Waals surface area contributed by atoms with Gasteiger partial charge in [-0.2, -0.15) is 0 Å². The van der Waals surface area contributed by atoms with Crippen molar-refractivity contribution < 1.29 is 0 Å². The van der Waals surface area contributed by atoms with Crippen molar-refractivity contribution >= 4 is 49.6 Å². The third kappa shape index (κ3) is 6160. The molecule has 0 saturated heterocycles. The van der Waals surface area contributed by atoms with Gasteiger partial charge in [-0.25, -0.2) is 0 Å². The molecule has 0 saturated carbocycles. The van der Waals surface area contributed by atoms with E-state index in [1.807, 2.05) is 55.4 Å². The van der Waals surface area contributed by atoms with Crippen LogP contribution in [-0.4, -0.2) is 24.2 Å². The highest BCUT2D eigenvalue weighted by Crippen LogP contribution is 1.59. The molecule has 4 nitrogen and oxygen atoms in total. The van der Waals surface area contributed by atoms with Crippen LogP contribution in [0.4, 0.5) is 0 Å². The van der Waals surface area contributed by atoms with E-state index < -0.39 is 0 Å². The molecule has 0 aromatic heterocycles. The Morgan fingerprint density at radius 3 is 0.350 bits per heavy atom. The molecule has 0 rings (SSSR count). The summed E-state index contributed by atoms with van der Waals surface area (Å²) in [5.41, 5.74) is 20.4. The number of nitrogens with two attached hydrogens (primary N) is 4. The predicted molar refractivity (Wildman–Crippen MR) is 106 cm³/mol. The average Bonchev–Trinajstić information content (AvgIpc) is 1.76. The van der Waals surface area contributed by atoms with E-state index >= 15 is 0 Å². The standard InChI is InChI=1S/4C3H9N.4ClH/c4*1-3(2)4;;;;/h4*3H,4H2,1-2H3;4*1H. The van der Waals surface area contributed by atoms with Crippen LogP contribution < -0.4 is 22.9 Å². The van der Waals surface area contributed by atoms with Gasteiger partial charge in [0.15, 0.2) is 0 Å². The Kier molecular flexibility index (Phi) is 106. The predicted octanol–water partition coefficient (Wildman–Crippen LogP) is 3.10. The smallest absolute Gasteiger partial charge is 0.00179 e. The lowest BCUT2D eigenvalue weighted by atomic mass is 10.4. The Hall–Kier alpha value is 1.00. The van der Waals surface area contributed by atoms with E-state index in [1.54, 1.807) is 0 Å². The van der Waals surface area contributed by atoms with E-state index in [0.717, 1.165) is 0 Å². The molecule has 0 aliphatic heterocycles. The first-order valence-electron chi connectivity index (χ1n) is 5.95. The zero-order valence-electron chi connectivity index (χ0n) is 14.3. The van der Waals surface area contributed by atoms with Crippen molar-refractivity contribution in [3.63, 3.8) is 0 Å². The normalized spacial score (nSPS) is 7.20. The van der Waals surface area contributed by atoms with Gasteiger partial charge >= 0.3 is 0 Å². The Balaban J connectivity index is -0.0000000150. The molecule has 0 unspecified atom stereocenters. The van der Waals surface area contributed by atoms with Crippen LogP contribution in [0.15, 0.2) is 0 Å². The number of hydrogen-bond acceptors (Lipinski definition) is 4. The van der Waals surface area contributed by atoms with E-state index in [9.17, 15) is 0 Å². The van der Waals surface area contributed by atoms with Crippen LogP contribution >= 0.6 is 49.6 Å². The van der Waals surface area contributed by atoms with Gasteiger partial charge in [0.05, 0.1) is 0 Å². The Morgan fingerprint density at radius 2 is 0.350 bits per heavy atom. The molecular formula is C12H40Cl4N4. The zero-order valence-corrected chi connectivity index (χ0v) is 17.5. The molecule has 0 fully saturated rings. The molecular weight excluding hydrogens is 342 g/mol. The fraction of sp³-hybridized carbons (Fsp3) is 1.00. The molecule has 136 valence electrons. The maximum absolute atomic E-state index is 5.11. The van der Waals surface area contributed by atoms with Gasteiger partial charge in [0, 0.05) is 0 Å². The minimum Gasteiger partial charge on any atom is -0.328 e. The molecule has 0 radical (unpaired) electrons. The Bertz CT molecular complexity index is 70.4. The van der Waals surface area contributed by atoms with E-state index in [2.05, 4.69) is 0 Å². The van der Waals surface area contributed by atoms with Crippen LogP contribution in [0, 0.1) is 0 Å². The molecule has 0 aliphatic rings. The highest BCUT2D eigenvalue weighted by atomic mass is 35.5. The molecule has 0 aliphatic carbocycles. The van der Waals surface area contributed by atoms with Gasteiger partial charge in [-0.05, 0) is 24.2 Å². The van der Waals surface area contributed by atoms with Gasteiger partial charge in [-0.3, -0.25) is 0 Å². The summed E-state index contributed by atoms with van der Waals surface area (Å²) in [5, 5.41) is 0. The zero-order chi connectivity index (χ0) is 14.3. The van der Waals surface area contributed by atoms with E-state index in [0.29, 0.717) is 24.2 Å². The van der Waals surface area contributed by atoms with Crippen LogP contribution in [0.25, 0.3) is 0 Å². The van der Waals surface area contributed by atoms with Crippen LogP contribution in [0.2, 0.25) is 0 Å². The molecule has 0 amide bonds. The number of halogens is 4. The second-order valence-electron chi connectivity index (χ2n) is 4.98. The van der Waals surface area contributed by atoms with Crippen molar-refractivity contribution in [2.24, 2.45) is 22.9 Å². The van der Waals surface area contributed by atoms with Crippen molar-refractivity contribution in [3.8, 4) is 0 Å². The molecule has 0 spiro atoms. The van der Waals surface area contributed by atoms with Crippen LogP contribution in [0.3, 0.4) is 0 Å². The van der Waals surface area contributed by atoms with Crippen molar-refractivity contribution in [1.29, 1.82) is 0 Å². The van der Waals surface area contributed by atoms with Crippen molar-refractivity contribution in [3.05, 3.63) is 0 Å². The summed E-state index contributed by atoms with van der Waals surface area (Å²) in [6, 6.07) is 1.33. The third-order valence-electron chi connectivity index (χ3n) is 0. The quantitative estimate of drug-likeness (QED) is 0.517. The van der Waals surface area contributed by atoms with Crippen LogP contribution in [0.1, 0.15) is 55.4 Å². The third-order valence-corrected chi connectivity index (χ3v) is 0. The van der Waals surface area contributed by atoms with Crippen molar-refractivity contribution in [1.82, 2.24) is 0 Å². The largest absolute Gasteiger partial charge is 0.328 e. The van der Waals surface area contributed by atoms with Crippen LogP contribution in [0.5, 0.6) is 0 Å². The first kappa shape index (κ1) is 49.7. The Morgan fingerprint density at radius 1 is 0.350 bits per heavy atom. The molecule has 0 heterocycles. The summed E-state index contributed by atoms with van der Waals surface area (Å²) in [5.74, 6) is 0. The second-order valence-corrected chi connectivity index (χ2v) is 4.98. The summed E-state index contributed by atoms with van der Waals surface area (Å²) in [7, 11) is 0. The fourth-order valence-electron chi connectivity index (χ4n) is 0. The first-order valence-corrected chi connectivity index (χ1v) is 5.95. The van der Waals surface area contributed by atoms with Gasteiger partial charge < -0.3 is 22.9 Å². The number of hydrogen-bond donors (Lipinski definition) is 4. The summed E-state index contributed by atoms with van der Waals surface area (Å²) < 4.78 is 0. The topological polar surface area (TPSA) is 104 Å². The SMILES string of the molecule is CC(C)N.CC(C)N.CC(C)N.CC(C)N.Cl.Cl.Cl.Cl. The lowest BCUT2D eigenvalue weighted by molar-refractivity contribution is 0.834. The maximum Gasteiger partial charge on any atom is -0.00179 e. The lowest BCUT2D eigenvalue weighted by Gasteiger charge is -1.81. The van der Waals surface area contributed by atoms with Gasteiger partial charge in [-0.1, -0.05) is 55.4 Å². The molecule has 0 aromatic carbocycles. The van der Waals surface area contributed by atoms with E-state index in [-0.39, 0.29) is 49.6 Å². The maximum atomic E-state index is 5.11. The monoisotopic (exact) mass is 380 g/mol. The Labute approximate surface area is 152 Å². The summed E-state index contributed by atoms with van der Waals surface area (Å²) >= 11 is 0. The fourth-order valence-corrected chi connectivity index (χ4v) is 0. The highest BCUT2D eigenvalue weighted by Gasteiger charge is 1.68. The van der Waals surface area contributed by atoms with Gasteiger partial charge in [-0.15, -0.1) is 49.6 Å². The molecule has 8 N–H and O–H groups in total. The van der Waals surface area contributed by atoms with E-state index in [1.165, 1.54) is 0 Å². The molecule has 0 aromatic rings. The average molecular weight is 382 g/mol. The molecule has 0 bridgehead atoms. The van der Waals surface area contributed by atoms with Gasteiger partial charge in [0.25, 0.3) is 0 Å². The van der Waals surface area contributed by atoms with Crippen molar-refractivity contribution in [2.75, 3.05) is 0 Å². The van der Waals surface area contributed by atoms with Crippen molar-refractivity contribution in [2.45, 2.75) is 79.6 Å². The molecule has 8 heteroatoms. The summed E-state index contributed by atoms with van der Waals surface area (Å²) in [6.45, 7) is 15.6. The second kappa shape index (κ2) is 42.7. The molecule has 0 atom stereocenters. The van der Waals surface area contributed by atoms with Crippen LogP contribution in [-0.2, 0) is 0 Å².